The minimum Gasteiger partial charge on any atom is -0.309 e. The first-order chi connectivity index (χ1) is 12.1. The Balaban J connectivity index is 1.63. The highest BCUT2D eigenvalue weighted by molar-refractivity contribution is 5.91. The minimum absolute atomic E-state index is 0.0627. The Morgan fingerprint density at radius 3 is 2.56 bits per heavy atom. The largest absolute Gasteiger partial charge is 0.309 e. The fraction of sp³-hybridized carbons (Fsp3) is 0.111. The van der Waals surface area contributed by atoms with E-state index in [2.05, 4.69) is 10.4 Å². The molecule has 0 spiro atoms. The Kier molecular flexibility index (Phi) is 4.84. The summed E-state index contributed by atoms with van der Waals surface area (Å²) in [5, 5.41) is 18.0. The molecule has 7 heteroatoms. The van der Waals surface area contributed by atoms with Crippen LogP contribution in [0.3, 0.4) is 0 Å². The average molecular weight is 336 g/mol. The molecule has 7 nitrogen and oxygen atoms in total. The van der Waals surface area contributed by atoms with Gasteiger partial charge in [-0.05, 0) is 5.56 Å². The first-order valence-corrected chi connectivity index (χ1v) is 7.71. The third-order valence-corrected chi connectivity index (χ3v) is 3.63. The van der Waals surface area contributed by atoms with Gasteiger partial charge in [-0.3, -0.25) is 19.6 Å². The number of aromatic nitrogens is 2. The van der Waals surface area contributed by atoms with Crippen molar-refractivity contribution in [1.29, 1.82) is 0 Å². The zero-order valence-corrected chi connectivity index (χ0v) is 13.3. The van der Waals surface area contributed by atoms with Crippen LogP contribution in [0.1, 0.15) is 11.1 Å². The van der Waals surface area contributed by atoms with Crippen molar-refractivity contribution in [2.24, 2.45) is 0 Å². The number of benzene rings is 2. The van der Waals surface area contributed by atoms with Crippen molar-refractivity contribution < 1.29 is 9.72 Å². The number of carbonyl (C=O) groups excluding carboxylic acids is 1. The molecule has 0 atom stereocenters. The molecular formula is C18H16N4O3. The summed E-state index contributed by atoms with van der Waals surface area (Å²) in [6, 6.07) is 17.7. The van der Waals surface area contributed by atoms with Crippen LogP contribution in [0.4, 0.5) is 11.5 Å². The first kappa shape index (κ1) is 16.4. The quantitative estimate of drug-likeness (QED) is 0.553. The van der Waals surface area contributed by atoms with E-state index < -0.39 is 4.92 Å². The number of nitrogens with one attached hydrogen (secondary N) is 1. The van der Waals surface area contributed by atoms with Crippen molar-refractivity contribution in [3.63, 3.8) is 0 Å². The fourth-order valence-electron chi connectivity index (χ4n) is 2.49. The van der Waals surface area contributed by atoms with Crippen molar-refractivity contribution in [2.75, 3.05) is 5.32 Å². The van der Waals surface area contributed by atoms with Crippen molar-refractivity contribution >= 4 is 17.4 Å². The highest BCUT2D eigenvalue weighted by Crippen LogP contribution is 2.18. The van der Waals surface area contributed by atoms with Gasteiger partial charge in [0.25, 0.3) is 5.69 Å². The molecule has 0 saturated heterocycles. The van der Waals surface area contributed by atoms with Crippen LogP contribution in [0.2, 0.25) is 0 Å². The number of amides is 1. The third kappa shape index (κ3) is 4.29. The summed E-state index contributed by atoms with van der Waals surface area (Å²) in [6.45, 7) is 0.598. The summed E-state index contributed by atoms with van der Waals surface area (Å²) in [6.07, 6.45) is 1.69. The number of para-hydroxylation sites is 1. The lowest BCUT2D eigenvalue weighted by Gasteiger charge is -2.04. The Morgan fingerprint density at radius 1 is 1.08 bits per heavy atom. The Bertz CT molecular complexity index is 890. The van der Waals surface area contributed by atoms with Crippen molar-refractivity contribution in [3.05, 3.63) is 88.1 Å². The van der Waals surface area contributed by atoms with Crippen LogP contribution in [-0.4, -0.2) is 20.6 Å². The lowest BCUT2D eigenvalue weighted by atomic mass is 10.1. The summed E-state index contributed by atoms with van der Waals surface area (Å²) >= 11 is 0. The van der Waals surface area contributed by atoms with Gasteiger partial charge < -0.3 is 5.32 Å². The molecule has 1 aromatic heterocycles. The molecule has 1 heterocycles. The van der Waals surface area contributed by atoms with Crippen LogP contribution < -0.4 is 5.32 Å². The molecule has 1 N–H and O–H groups in total. The predicted molar refractivity (Wildman–Crippen MR) is 93.2 cm³/mol. The van der Waals surface area contributed by atoms with Gasteiger partial charge in [0.05, 0.1) is 17.9 Å². The molecule has 3 aromatic rings. The smallest absolute Gasteiger partial charge is 0.273 e. The van der Waals surface area contributed by atoms with Crippen LogP contribution in [0.15, 0.2) is 66.9 Å². The summed E-state index contributed by atoms with van der Waals surface area (Å²) < 4.78 is 1.72. The molecule has 0 fully saturated rings. The van der Waals surface area contributed by atoms with Gasteiger partial charge in [0.15, 0.2) is 5.82 Å². The molecule has 0 radical (unpaired) electrons. The summed E-state index contributed by atoms with van der Waals surface area (Å²) in [7, 11) is 0. The second kappa shape index (κ2) is 7.39. The molecule has 25 heavy (non-hydrogen) atoms. The van der Waals surface area contributed by atoms with Gasteiger partial charge in [0.2, 0.25) is 5.91 Å². The molecule has 0 bridgehead atoms. The number of nitro groups is 1. The van der Waals surface area contributed by atoms with Gasteiger partial charge in [-0.15, -0.1) is 0 Å². The lowest BCUT2D eigenvalue weighted by molar-refractivity contribution is -0.385. The predicted octanol–water partition coefficient (Wildman–Crippen LogP) is 3.02. The van der Waals surface area contributed by atoms with E-state index in [-0.39, 0.29) is 18.0 Å². The van der Waals surface area contributed by atoms with Gasteiger partial charge >= 0.3 is 0 Å². The fourth-order valence-corrected chi connectivity index (χ4v) is 2.49. The maximum absolute atomic E-state index is 12.1. The van der Waals surface area contributed by atoms with E-state index in [0.717, 1.165) is 5.56 Å². The summed E-state index contributed by atoms with van der Waals surface area (Å²) in [4.78, 5) is 22.6. The molecule has 2 aromatic carbocycles. The van der Waals surface area contributed by atoms with Crippen LogP contribution in [0, 0.1) is 10.1 Å². The Labute approximate surface area is 144 Å². The Morgan fingerprint density at radius 2 is 1.80 bits per heavy atom. The third-order valence-electron chi connectivity index (χ3n) is 3.63. The average Bonchev–Trinajstić information content (AvgIpc) is 3.02. The van der Waals surface area contributed by atoms with E-state index in [1.807, 2.05) is 30.3 Å². The number of carbonyl (C=O) groups is 1. The SMILES string of the molecule is O=C(Cc1ccccc1[N+](=O)[O-])Nc1ccn(Cc2ccccc2)n1. The second-order valence-electron chi connectivity index (χ2n) is 5.49. The van der Waals surface area contributed by atoms with E-state index in [1.165, 1.54) is 6.07 Å². The van der Waals surface area contributed by atoms with Crippen molar-refractivity contribution in [3.8, 4) is 0 Å². The number of nitrogens with zero attached hydrogens (tertiary/aromatic N) is 3. The standard InChI is InChI=1S/C18H16N4O3/c23-18(12-15-8-4-5-9-16(15)22(24)25)19-17-10-11-21(20-17)13-14-6-2-1-3-7-14/h1-11H,12-13H2,(H,19,20,23). The highest BCUT2D eigenvalue weighted by Gasteiger charge is 2.16. The van der Waals surface area contributed by atoms with Crippen LogP contribution >= 0.6 is 0 Å². The molecule has 126 valence electrons. The highest BCUT2D eigenvalue weighted by atomic mass is 16.6. The number of hydrogen-bond donors (Lipinski definition) is 1. The Hall–Kier alpha value is -3.48. The molecule has 0 saturated carbocycles. The van der Waals surface area contributed by atoms with Gasteiger partial charge in [-0.25, -0.2) is 0 Å². The molecular weight excluding hydrogens is 320 g/mol. The van der Waals surface area contributed by atoms with Gasteiger partial charge in [-0.2, -0.15) is 5.10 Å². The molecule has 3 rings (SSSR count). The maximum atomic E-state index is 12.1. The number of nitro benzene ring substituents is 1. The van der Waals surface area contributed by atoms with Crippen LogP contribution in [0.25, 0.3) is 0 Å². The van der Waals surface area contributed by atoms with E-state index >= 15 is 0 Å². The molecule has 0 unspecified atom stereocenters. The maximum Gasteiger partial charge on any atom is 0.273 e. The topological polar surface area (TPSA) is 90.1 Å². The van der Waals surface area contributed by atoms with Gasteiger partial charge in [0.1, 0.15) is 0 Å². The summed E-state index contributed by atoms with van der Waals surface area (Å²) in [5.41, 5.74) is 1.41. The van der Waals surface area contributed by atoms with E-state index in [1.54, 1.807) is 35.1 Å². The van der Waals surface area contributed by atoms with E-state index in [0.29, 0.717) is 17.9 Å². The lowest BCUT2D eigenvalue weighted by Crippen LogP contribution is -2.16. The monoisotopic (exact) mass is 336 g/mol. The molecule has 0 aliphatic heterocycles. The van der Waals surface area contributed by atoms with Crippen molar-refractivity contribution in [1.82, 2.24) is 9.78 Å². The van der Waals surface area contributed by atoms with Crippen LogP contribution in [0.5, 0.6) is 0 Å². The zero-order valence-electron chi connectivity index (χ0n) is 13.3. The number of anilines is 1. The van der Waals surface area contributed by atoms with E-state index in [4.69, 9.17) is 0 Å². The molecule has 0 aliphatic carbocycles. The molecule has 0 aliphatic rings. The van der Waals surface area contributed by atoms with Crippen molar-refractivity contribution in [2.45, 2.75) is 13.0 Å². The van der Waals surface area contributed by atoms with Gasteiger partial charge in [-0.1, -0.05) is 48.5 Å². The second-order valence-corrected chi connectivity index (χ2v) is 5.49. The zero-order chi connectivity index (χ0) is 17.6. The number of rotatable bonds is 6. The molecule has 1 amide bonds. The van der Waals surface area contributed by atoms with E-state index in [9.17, 15) is 14.9 Å². The number of hydrogen-bond acceptors (Lipinski definition) is 4. The van der Waals surface area contributed by atoms with Gasteiger partial charge in [0, 0.05) is 23.9 Å². The summed E-state index contributed by atoms with van der Waals surface area (Å²) in [5.74, 6) is 0.0683. The minimum atomic E-state index is -0.489. The normalized spacial score (nSPS) is 10.4. The first-order valence-electron chi connectivity index (χ1n) is 7.71. The van der Waals surface area contributed by atoms with Crippen LogP contribution in [-0.2, 0) is 17.8 Å².